The Morgan fingerprint density at radius 2 is 1.92 bits per heavy atom. The van der Waals surface area contributed by atoms with Crippen LogP contribution in [0.5, 0.6) is 0 Å². The van der Waals surface area contributed by atoms with E-state index in [9.17, 15) is 14.0 Å². The predicted molar refractivity (Wildman–Crippen MR) is 103 cm³/mol. The molecule has 1 N–H and O–H groups in total. The molecule has 136 valence electrons. The first-order chi connectivity index (χ1) is 12.5. The molecule has 3 rings (SSSR count). The summed E-state index contributed by atoms with van der Waals surface area (Å²) in [5, 5.41) is 3.04. The first-order valence-corrected chi connectivity index (χ1v) is 9.69. The number of thioether (sulfide) groups is 1. The van der Waals surface area contributed by atoms with E-state index in [1.54, 1.807) is 53.1 Å². The Morgan fingerprint density at radius 1 is 1.23 bits per heavy atom. The Balaban J connectivity index is 1.83. The van der Waals surface area contributed by atoms with Crippen LogP contribution in [-0.2, 0) is 4.79 Å². The van der Waals surface area contributed by atoms with Gasteiger partial charge < -0.3 is 10.2 Å². The first-order valence-electron chi connectivity index (χ1n) is 8.26. The van der Waals surface area contributed by atoms with Gasteiger partial charge in [-0.1, -0.05) is 30.7 Å². The highest BCUT2D eigenvalue weighted by molar-refractivity contribution is 8.00. The van der Waals surface area contributed by atoms with Gasteiger partial charge in [0.25, 0.3) is 5.91 Å². The van der Waals surface area contributed by atoms with Gasteiger partial charge in [-0.15, -0.1) is 11.8 Å². The van der Waals surface area contributed by atoms with Crippen molar-refractivity contribution in [3.63, 3.8) is 0 Å². The summed E-state index contributed by atoms with van der Waals surface area (Å²) < 4.78 is 13.8. The third-order valence-electron chi connectivity index (χ3n) is 4.20. The molecule has 2 atom stereocenters. The number of carbonyl (C=O) groups excluding carboxylic acids is 2. The van der Waals surface area contributed by atoms with E-state index in [0.29, 0.717) is 22.8 Å². The number of para-hydroxylation sites is 1. The third kappa shape index (κ3) is 3.86. The average Bonchev–Trinajstić information content (AvgIpc) is 3.08. The van der Waals surface area contributed by atoms with Gasteiger partial charge in [-0.25, -0.2) is 4.39 Å². The summed E-state index contributed by atoms with van der Waals surface area (Å²) >= 11 is 7.44. The fourth-order valence-corrected chi connectivity index (χ4v) is 4.35. The zero-order chi connectivity index (χ0) is 18.7. The van der Waals surface area contributed by atoms with E-state index < -0.39 is 11.9 Å². The summed E-state index contributed by atoms with van der Waals surface area (Å²) in [7, 11) is 0. The second kappa shape index (κ2) is 8.10. The van der Waals surface area contributed by atoms with Crippen LogP contribution in [0.25, 0.3) is 0 Å². The zero-order valence-electron chi connectivity index (χ0n) is 14.1. The summed E-state index contributed by atoms with van der Waals surface area (Å²) in [5.74, 6) is -0.653. The maximum Gasteiger partial charge on any atom is 0.255 e. The van der Waals surface area contributed by atoms with E-state index in [4.69, 9.17) is 11.6 Å². The van der Waals surface area contributed by atoms with Crippen molar-refractivity contribution in [1.82, 2.24) is 4.90 Å². The molecular weight excluding hydrogens is 375 g/mol. The van der Waals surface area contributed by atoms with Crippen molar-refractivity contribution in [2.45, 2.75) is 24.8 Å². The molecule has 0 radical (unpaired) electrons. The van der Waals surface area contributed by atoms with Gasteiger partial charge >= 0.3 is 0 Å². The van der Waals surface area contributed by atoms with Gasteiger partial charge in [0.2, 0.25) is 5.91 Å². The normalized spacial score (nSPS) is 19.4. The van der Waals surface area contributed by atoms with Crippen LogP contribution < -0.4 is 5.32 Å². The highest BCUT2D eigenvalue weighted by Gasteiger charge is 2.41. The van der Waals surface area contributed by atoms with Crippen LogP contribution in [0, 0.1) is 5.82 Å². The minimum absolute atomic E-state index is 0.102. The standard InChI is InChI=1S/C19H18ClFN2O2S/c1-2-17-23(19(25)12-7-9-13(20)10-8-12)16(11-26-17)18(24)22-15-6-4-3-5-14(15)21/h3-10,16-17H,2,11H2,1H3,(H,22,24). The number of nitrogens with zero attached hydrogens (tertiary/aromatic N) is 1. The number of carbonyl (C=O) groups is 2. The number of halogens is 2. The first kappa shape index (κ1) is 18.7. The molecule has 2 unspecified atom stereocenters. The molecule has 1 aliphatic heterocycles. The molecule has 1 aliphatic rings. The molecule has 4 nitrogen and oxygen atoms in total. The monoisotopic (exact) mass is 392 g/mol. The fourth-order valence-electron chi connectivity index (χ4n) is 2.87. The van der Waals surface area contributed by atoms with Crippen molar-refractivity contribution >= 4 is 40.9 Å². The molecular formula is C19H18ClFN2O2S. The van der Waals surface area contributed by atoms with Crippen LogP contribution in [0.4, 0.5) is 10.1 Å². The number of rotatable bonds is 4. The summed E-state index contributed by atoms with van der Waals surface area (Å²) in [6.07, 6.45) is 0.716. The van der Waals surface area contributed by atoms with Crippen LogP contribution in [0.3, 0.4) is 0 Å². The summed E-state index contributed by atoms with van der Waals surface area (Å²) in [6.45, 7) is 1.97. The quantitative estimate of drug-likeness (QED) is 0.838. The zero-order valence-corrected chi connectivity index (χ0v) is 15.7. The Bertz CT molecular complexity index is 815. The van der Waals surface area contributed by atoms with Crippen LogP contribution in [-0.4, -0.2) is 33.9 Å². The van der Waals surface area contributed by atoms with E-state index in [2.05, 4.69) is 5.32 Å². The lowest BCUT2D eigenvalue weighted by atomic mass is 10.1. The molecule has 1 saturated heterocycles. The predicted octanol–water partition coefficient (Wildman–Crippen LogP) is 4.41. The lowest BCUT2D eigenvalue weighted by molar-refractivity contribution is -0.119. The molecule has 1 fully saturated rings. The van der Waals surface area contributed by atoms with E-state index in [-0.39, 0.29) is 22.9 Å². The number of amides is 2. The molecule has 0 saturated carbocycles. The van der Waals surface area contributed by atoms with Gasteiger partial charge in [0.05, 0.1) is 11.1 Å². The number of hydrogen-bond acceptors (Lipinski definition) is 3. The van der Waals surface area contributed by atoms with Crippen LogP contribution in [0.15, 0.2) is 48.5 Å². The molecule has 2 aromatic carbocycles. The maximum absolute atomic E-state index is 13.8. The van der Waals surface area contributed by atoms with Gasteiger partial charge in [0.15, 0.2) is 0 Å². The minimum Gasteiger partial charge on any atom is -0.322 e. The topological polar surface area (TPSA) is 49.4 Å². The Hall–Kier alpha value is -2.05. The fraction of sp³-hybridized carbons (Fsp3) is 0.263. The molecule has 2 aromatic rings. The van der Waals surface area contributed by atoms with Crippen molar-refractivity contribution in [3.05, 3.63) is 64.9 Å². The van der Waals surface area contributed by atoms with Gasteiger partial charge in [-0.3, -0.25) is 9.59 Å². The van der Waals surface area contributed by atoms with Crippen molar-refractivity contribution in [3.8, 4) is 0 Å². The number of benzene rings is 2. The lowest BCUT2D eigenvalue weighted by Gasteiger charge is -2.28. The molecule has 0 aliphatic carbocycles. The summed E-state index contributed by atoms with van der Waals surface area (Å²) in [6, 6.07) is 11.9. The molecule has 26 heavy (non-hydrogen) atoms. The Kier molecular flexibility index (Phi) is 5.84. The average molecular weight is 393 g/mol. The van der Waals surface area contributed by atoms with Crippen molar-refractivity contribution in [2.24, 2.45) is 0 Å². The second-order valence-electron chi connectivity index (χ2n) is 5.90. The van der Waals surface area contributed by atoms with E-state index in [0.717, 1.165) is 0 Å². The molecule has 2 amide bonds. The molecule has 0 bridgehead atoms. The van der Waals surface area contributed by atoms with Gasteiger partial charge in [-0.2, -0.15) is 0 Å². The number of hydrogen-bond donors (Lipinski definition) is 1. The number of anilines is 1. The second-order valence-corrected chi connectivity index (χ2v) is 7.55. The molecule has 0 aromatic heterocycles. The third-order valence-corrected chi connectivity index (χ3v) is 5.91. The highest BCUT2D eigenvalue weighted by Crippen LogP contribution is 2.33. The largest absolute Gasteiger partial charge is 0.322 e. The van der Waals surface area contributed by atoms with Gasteiger partial charge in [-0.05, 0) is 42.8 Å². The van der Waals surface area contributed by atoms with Crippen LogP contribution in [0.1, 0.15) is 23.7 Å². The van der Waals surface area contributed by atoms with Crippen LogP contribution in [0.2, 0.25) is 5.02 Å². The SMILES string of the molecule is CCC1SCC(C(=O)Nc2ccccc2F)N1C(=O)c1ccc(Cl)cc1. The highest BCUT2D eigenvalue weighted by atomic mass is 35.5. The summed E-state index contributed by atoms with van der Waals surface area (Å²) in [4.78, 5) is 27.3. The molecule has 0 spiro atoms. The Morgan fingerprint density at radius 3 is 2.58 bits per heavy atom. The smallest absolute Gasteiger partial charge is 0.255 e. The van der Waals surface area contributed by atoms with Crippen molar-refractivity contribution < 1.29 is 14.0 Å². The lowest BCUT2D eigenvalue weighted by Crippen LogP contribution is -2.47. The molecule has 7 heteroatoms. The minimum atomic E-state index is -0.660. The molecule has 1 heterocycles. The van der Waals surface area contributed by atoms with Gasteiger partial charge in [0, 0.05) is 16.3 Å². The van der Waals surface area contributed by atoms with Crippen molar-refractivity contribution in [2.75, 3.05) is 11.1 Å². The Labute approximate surface area is 160 Å². The van der Waals surface area contributed by atoms with Gasteiger partial charge in [0.1, 0.15) is 11.9 Å². The maximum atomic E-state index is 13.8. The number of nitrogens with one attached hydrogen (secondary N) is 1. The van der Waals surface area contributed by atoms with Crippen molar-refractivity contribution in [1.29, 1.82) is 0 Å². The van der Waals surface area contributed by atoms with E-state index >= 15 is 0 Å². The summed E-state index contributed by atoms with van der Waals surface area (Å²) in [5.41, 5.74) is 0.584. The van der Waals surface area contributed by atoms with E-state index in [1.807, 2.05) is 6.92 Å². The van der Waals surface area contributed by atoms with Crippen LogP contribution >= 0.6 is 23.4 Å². The van der Waals surface area contributed by atoms with E-state index in [1.165, 1.54) is 12.1 Å².